The highest BCUT2D eigenvalue weighted by Crippen LogP contribution is 2.38. The fraction of sp³-hybridized carbons (Fsp3) is 0.368. The maximum Gasteiger partial charge on any atom is 0.243 e. The van der Waals surface area contributed by atoms with Crippen molar-refractivity contribution < 1.29 is 27.0 Å². The minimum absolute atomic E-state index is 0.0520. The summed E-state index contributed by atoms with van der Waals surface area (Å²) in [5.74, 6) is 0.816. The molecule has 0 aliphatic carbocycles. The van der Waals surface area contributed by atoms with Crippen LogP contribution in [0.25, 0.3) is 0 Å². The molecule has 1 atom stereocenters. The first-order valence-corrected chi connectivity index (χ1v) is 10.2. The summed E-state index contributed by atoms with van der Waals surface area (Å²) in [6.45, 7) is 2.98. The van der Waals surface area contributed by atoms with E-state index in [1.54, 1.807) is 6.92 Å². The number of hydrogen-bond acceptors (Lipinski definition) is 5. The molecule has 2 aromatic rings. The summed E-state index contributed by atoms with van der Waals surface area (Å²) < 4.78 is 57.1. The first-order valence-electron chi connectivity index (χ1n) is 8.81. The maximum absolute atomic E-state index is 14.1. The third kappa shape index (κ3) is 3.35. The lowest BCUT2D eigenvalue weighted by atomic mass is 9.98. The van der Waals surface area contributed by atoms with Gasteiger partial charge in [0.05, 0.1) is 11.5 Å². The van der Waals surface area contributed by atoms with Crippen LogP contribution in [0.1, 0.15) is 24.8 Å². The fourth-order valence-electron chi connectivity index (χ4n) is 3.45. The Morgan fingerprint density at radius 2 is 2.00 bits per heavy atom. The molecule has 4 rings (SSSR count). The molecular formula is C19H20FNO5S. The third-order valence-electron chi connectivity index (χ3n) is 4.86. The first-order chi connectivity index (χ1) is 13.0. The van der Waals surface area contributed by atoms with Gasteiger partial charge >= 0.3 is 0 Å². The minimum atomic E-state index is -3.76. The zero-order valence-electron chi connectivity index (χ0n) is 14.9. The predicted octanol–water partition coefficient (Wildman–Crippen LogP) is 3.13. The van der Waals surface area contributed by atoms with Gasteiger partial charge in [-0.2, -0.15) is 4.31 Å². The zero-order chi connectivity index (χ0) is 19.0. The quantitative estimate of drug-likeness (QED) is 0.781. The zero-order valence-corrected chi connectivity index (χ0v) is 15.7. The van der Waals surface area contributed by atoms with Crippen LogP contribution in [0, 0.1) is 5.82 Å². The number of ether oxygens (including phenoxy) is 3. The molecule has 6 nitrogen and oxygen atoms in total. The molecule has 8 heteroatoms. The molecule has 144 valence electrons. The van der Waals surface area contributed by atoms with Gasteiger partial charge in [-0.05, 0) is 55.2 Å². The topological polar surface area (TPSA) is 65.1 Å². The Morgan fingerprint density at radius 1 is 1.19 bits per heavy atom. The maximum atomic E-state index is 14.1. The molecule has 0 unspecified atom stereocenters. The highest BCUT2D eigenvalue weighted by atomic mass is 32.2. The Bertz CT molecular complexity index is 963. The van der Waals surface area contributed by atoms with Gasteiger partial charge in [-0.15, -0.1) is 0 Å². The molecule has 2 heterocycles. The SMILES string of the molecule is CCOc1ccc(S(=O)(=O)N2CC[C@H](c3ccc4c(c3)OCO4)C2)cc1F. The first kappa shape index (κ1) is 18.1. The molecule has 2 aliphatic rings. The van der Waals surface area contributed by atoms with Crippen molar-refractivity contribution in [3.8, 4) is 17.2 Å². The Balaban J connectivity index is 1.53. The van der Waals surface area contributed by atoms with E-state index in [9.17, 15) is 12.8 Å². The molecule has 0 aromatic heterocycles. The van der Waals surface area contributed by atoms with Crippen LogP contribution in [0.3, 0.4) is 0 Å². The number of sulfonamides is 1. The normalized spacial score (nSPS) is 19.4. The van der Waals surface area contributed by atoms with Gasteiger partial charge in [-0.25, -0.2) is 12.8 Å². The summed E-state index contributed by atoms with van der Waals surface area (Å²) in [7, 11) is -3.76. The standard InChI is InChI=1S/C19H20FNO5S/c1-2-24-17-6-4-15(10-16(17)20)27(22,23)21-8-7-14(11-21)13-3-5-18-19(9-13)26-12-25-18/h3-6,9-10,14H,2,7-8,11-12H2,1H3/t14-/m0/s1. The number of halogens is 1. The molecule has 0 spiro atoms. The lowest BCUT2D eigenvalue weighted by Crippen LogP contribution is -2.28. The molecule has 1 saturated heterocycles. The second-order valence-electron chi connectivity index (χ2n) is 6.49. The van der Waals surface area contributed by atoms with Gasteiger partial charge in [0.1, 0.15) is 0 Å². The van der Waals surface area contributed by atoms with Gasteiger partial charge in [0.25, 0.3) is 0 Å². The van der Waals surface area contributed by atoms with Crippen molar-refractivity contribution in [1.29, 1.82) is 0 Å². The summed E-state index contributed by atoms with van der Waals surface area (Å²) in [6.07, 6.45) is 0.693. The summed E-state index contributed by atoms with van der Waals surface area (Å²) in [6, 6.07) is 9.45. The van der Waals surface area contributed by atoms with Crippen LogP contribution in [-0.2, 0) is 10.0 Å². The number of nitrogens with zero attached hydrogens (tertiary/aromatic N) is 1. The monoisotopic (exact) mass is 393 g/mol. The van der Waals surface area contributed by atoms with Crippen molar-refractivity contribution in [2.45, 2.75) is 24.2 Å². The molecule has 0 bridgehead atoms. The van der Waals surface area contributed by atoms with Crippen molar-refractivity contribution in [2.24, 2.45) is 0 Å². The van der Waals surface area contributed by atoms with E-state index in [0.29, 0.717) is 37.6 Å². The van der Waals surface area contributed by atoms with Crippen molar-refractivity contribution in [1.82, 2.24) is 4.31 Å². The summed E-state index contributed by atoms with van der Waals surface area (Å²) in [5.41, 5.74) is 1.01. The third-order valence-corrected chi connectivity index (χ3v) is 6.72. The van der Waals surface area contributed by atoms with Crippen LogP contribution < -0.4 is 14.2 Å². The van der Waals surface area contributed by atoms with E-state index in [0.717, 1.165) is 11.6 Å². The van der Waals surface area contributed by atoms with Gasteiger partial charge in [-0.1, -0.05) is 6.07 Å². The van der Waals surface area contributed by atoms with Crippen molar-refractivity contribution >= 4 is 10.0 Å². The van der Waals surface area contributed by atoms with Crippen LogP contribution in [-0.4, -0.2) is 39.2 Å². The molecule has 0 N–H and O–H groups in total. The number of benzene rings is 2. The Hall–Kier alpha value is -2.32. The molecular weight excluding hydrogens is 373 g/mol. The minimum Gasteiger partial charge on any atom is -0.491 e. The van der Waals surface area contributed by atoms with Crippen molar-refractivity contribution in [2.75, 3.05) is 26.5 Å². The van der Waals surface area contributed by atoms with Gasteiger partial charge in [0, 0.05) is 13.1 Å². The fourth-order valence-corrected chi connectivity index (χ4v) is 4.96. The summed E-state index contributed by atoms with van der Waals surface area (Å²) in [4.78, 5) is -0.0604. The van der Waals surface area contributed by atoms with Crippen LogP contribution in [0.4, 0.5) is 4.39 Å². The molecule has 27 heavy (non-hydrogen) atoms. The van der Waals surface area contributed by atoms with E-state index in [2.05, 4.69) is 0 Å². The van der Waals surface area contributed by atoms with E-state index < -0.39 is 15.8 Å². The second kappa shape index (κ2) is 7.01. The van der Waals surface area contributed by atoms with Gasteiger partial charge in [0.15, 0.2) is 23.1 Å². The Morgan fingerprint density at radius 3 is 2.78 bits per heavy atom. The van der Waals surface area contributed by atoms with Gasteiger partial charge in [-0.3, -0.25) is 0 Å². The molecule has 1 fully saturated rings. The van der Waals surface area contributed by atoms with Crippen LogP contribution in [0.15, 0.2) is 41.3 Å². The van der Waals surface area contributed by atoms with E-state index in [4.69, 9.17) is 14.2 Å². The molecule has 0 amide bonds. The number of hydrogen-bond donors (Lipinski definition) is 0. The molecule has 2 aliphatic heterocycles. The van der Waals surface area contributed by atoms with Crippen LogP contribution in [0.5, 0.6) is 17.2 Å². The summed E-state index contributed by atoms with van der Waals surface area (Å²) in [5, 5.41) is 0. The lowest BCUT2D eigenvalue weighted by molar-refractivity contribution is 0.174. The number of rotatable bonds is 5. The van der Waals surface area contributed by atoms with Crippen molar-refractivity contribution in [3.63, 3.8) is 0 Å². The highest BCUT2D eigenvalue weighted by Gasteiger charge is 2.34. The molecule has 0 radical (unpaired) electrons. The largest absolute Gasteiger partial charge is 0.491 e. The number of fused-ring (bicyclic) bond motifs is 1. The van der Waals surface area contributed by atoms with E-state index >= 15 is 0 Å². The van der Waals surface area contributed by atoms with E-state index in [1.165, 1.54) is 16.4 Å². The molecule has 0 saturated carbocycles. The van der Waals surface area contributed by atoms with Gasteiger partial charge < -0.3 is 14.2 Å². The lowest BCUT2D eigenvalue weighted by Gasteiger charge is -2.17. The van der Waals surface area contributed by atoms with Crippen molar-refractivity contribution in [3.05, 3.63) is 47.8 Å². The van der Waals surface area contributed by atoms with E-state index in [-0.39, 0.29) is 23.4 Å². The second-order valence-corrected chi connectivity index (χ2v) is 8.42. The van der Waals surface area contributed by atoms with E-state index in [1.807, 2.05) is 18.2 Å². The van der Waals surface area contributed by atoms with Crippen LogP contribution >= 0.6 is 0 Å². The predicted molar refractivity (Wildman–Crippen MR) is 96.3 cm³/mol. The Labute approximate surface area is 157 Å². The Kier molecular flexibility index (Phi) is 4.69. The highest BCUT2D eigenvalue weighted by molar-refractivity contribution is 7.89. The average molecular weight is 393 g/mol. The molecule has 2 aromatic carbocycles. The van der Waals surface area contributed by atoms with Gasteiger partial charge in [0.2, 0.25) is 16.8 Å². The average Bonchev–Trinajstić information content (AvgIpc) is 3.32. The smallest absolute Gasteiger partial charge is 0.243 e. The van der Waals surface area contributed by atoms with Crippen LogP contribution in [0.2, 0.25) is 0 Å². The summed E-state index contributed by atoms with van der Waals surface area (Å²) >= 11 is 0.